The molecule has 0 atom stereocenters. The topological polar surface area (TPSA) is 156 Å². The highest BCUT2D eigenvalue weighted by molar-refractivity contribution is 5.77. The van der Waals surface area contributed by atoms with Crippen molar-refractivity contribution in [2.75, 3.05) is 19.8 Å². The zero-order valence-electron chi connectivity index (χ0n) is 18.6. The lowest BCUT2D eigenvalue weighted by Crippen LogP contribution is -2.12. The van der Waals surface area contributed by atoms with Gasteiger partial charge in [-0.3, -0.25) is 9.59 Å². The first-order chi connectivity index (χ1) is 16.5. The SMILES string of the molecule is CCOc1cc(-c2ccc(OCCN)c(CCC(=O)O)c2)ccc1-c1nc2nc[nH]c2c(=O)[nH]1. The number of nitrogens with two attached hydrogens (primary N) is 1. The Labute approximate surface area is 194 Å². The lowest BCUT2D eigenvalue weighted by atomic mass is 9.98. The normalized spacial score (nSPS) is 11.0. The minimum Gasteiger partial charge on any atom is -0.493 e. The molecule has 0 fully saturated rings. The van der Waals surface area contributed by atoms with E-state index >= 15 is 0 Å². The summed E-state index contributed by atoms with van der Waals surface area (Å²) in [7, 11) is 0. The Balaban J connectivity index is 1.74. The van der Waals surface area contributed by atoms with Crippen molar-refractivity contribution in [3.8, 4) is 34.0 Å². The van der Waals surface area contributed by atoms with Crippen LogP contribution in [0.1, 0.15) is 18.9 Å². The highest BCUT2D eigenvalue weighted by Crippen LogP contribution is 2.34. The number of rotatable bonds is 10. The van der Waals surface area contributed by atoms with Crippen LogP contribution >= 0.6 is 0 Å². The van der Waals surface area contributed by atoms with E-state index in [1.807, 2.05) is 43.3 Å². The summed E-state index contributed by atoms with van der Waals surface area (Å²) in [6, 6.07) is 11.2. The number of aromatic amines is 2. The molecule has 0 unspecified atom stereocenters. The monoisotopic (exact) mass is 463 g/mol. The van der Waals surface area contributed by atoms with Gasteiger partial charge in [-0.2, -0.15) is 0 Å². The van der Waals surface area contributed by atoms with Crippen molar-refractivity contribution in [3.63, 3.8) is 0 Å². The number of fused-ring (bicyclic) bond motifs is 1. The van der Waals surface area contributed by atoms with Crippen molar-refractivity contribution in [1.29, 1.82) is 0 Å². The van der Waals surface area contributed by atoms with Crippen LogP contribution in [-0.4, -0.2) is 50.8 Å². The molecule has 0 bridgehead atoms. The summed E-state index contributed by atoms with van der Waals surface area (Å²) in [5.41, 5.74) is 9.00. The van der Waals surface area contributed by atoms with Gasteiger partial charge in [0.15, 0.2) is 11.2 Å². The maximum absolute atomic E-state index is 12.4. The number of carboxylic acids is 1. The van der Waals surface area contributed by atoms with Crippen LogP contribution in [0.5, 0.6) is 11.5 Å². The van der Waals surface area contributed by atoms with Gasteiger partial charge in [-0.15, -0.1) is 0 Å². The lowest BCUT2D eigenvalue weighted by molar-refractivity contribution is -0.136. The molecule has 0 amide bonds. The fourth-order valence-electron chi connectivity index (χ4n) is 3.65. The summed E-state index contributed by atoms with van der Waals surface area (Å²) >= 11 is 0. The summed E-state index contributed by atoms with van der Waals surface area (Å²) in [6.45, 7) is 2.99. The molecule has 2 aromatic heterocycles. The Morgan fingerprint density at radius 1 is 1.12 bits per heavy atom. The van der Waals surface area contributed by atoms with Gasteiger partial charge in [0, 0.05) is 13.0 Å². The molecule has 176 valence electrons. The lowest BCUT2D eigenvalue weighted by Gasteiger charge is -2.15. The van der Waals surface area contributed by atoms with Crippen LogP contribution in [0, 0.1) is 0 Å². The van der Waals surface area contributed by atoms with Crippen LogP contribution in [0.15, 0.2) is 47.5 Å². The molecular weight excluding hydrogens is 438 g/mol. The standard InChI is InChI=1S/C24H25N5O5/c1-2-33-19-12-15(3-6-17(19)22-28-23-21(24(32)29-22)26-13-27-23)14-4-7-18(34-10-9-25)16(11-14)5-8-20(30)31/h3-4,6-7,11-13H,2,5,8-10,25H2,1H3,(H,30,31)(H2,26,27,28,29,32). The van der Waals surface area contributed by atoms with Crippen molar-refractivity contribution in [2.45, 2.75) is 19.8 Å². The molecule has 5 N–H and O–H groups in total. The van der Waals surface area contributed by atoms with Gasteiger partial charge in [0.05, 0.1) is 18.5 Å². The number of aryl methyl sites for hydroxylation is 1. The zero-order chi connectivity index (χ0) is 24.1. The van der Waals surface area contributed by atoms with Crippen molar-refractivity contribution in [2.24, 2.45) is 5.73 Å². The molecule has 4 aromatic rings. The third-order valence-corrected chi connectivity index (χ3v) is 5.21. The second-order valence-corrected chi connectivity index (χ2v) is 7.51. The Morgan fingerprint density at radius 2 is 1.91 bits per heavy atom. The maximum Gasteiger partial charge on any atom is 0.303 e. The molecule has 0 spiro atoms. The van der Waals surface area contributed by atoms with Gasteiger partial charge in [0.1, 0.15) is 23.9 Å². The van der Waals surface area contributed by atoms with Crippen LogP contribution in [0.2, 0.25) is 0 Å². The minimum absolute atomic E-state index is 0.0136. The fourth-order valence-corrected chi connectivity index (χ4v) is 3.65. The predicted molar refractivity (Wildman–Crippen MR) is 127 cm³/mol. The fraction of sp³-hybridized carbons (Fsp3) is 0.250. The molecule has 2 heterocycles. The number of benzene rings is 2. The highest BCUT2D eigenvalue weighted by Gasteiger charge is 2.15. The van der Waals surface area contributed by atoms with E-state index in [9.17, 15) is 9.59 Å². The van der Waals surface area contributed by atoms with E-state index in [0.29, 0.717) is 60.2 Å². The molecule has 0 saturated carbocycles. The number of aromatic nitrogens is 4. The van der Waals surface area contributed by atoms with Gasteiger partial charge in [-0.25, -0.2) is 9.97 Å². The van der Waals surface area contributed by atoms with Crippen molar-refractivity contribution in [3.05, 3.63) is 58.6 Å². The number of nitrogens with zero attached hydrogens (tertiary/aromatic N) is 2. The van der Waals surface area contributed by atoms with Crippen LogP contribution in [0.3, 0.4) is 0 Å². The van der Waals surface area contributed by atoms with Gasteiger partial charge in [0.2, 0.25) is 0 Å². The number of aliphatic carboxylic acids is 1. The van der Waals surface area contributed by atoms with Gasteiger partial charge in [-0.05, 0) is 54.3 Å². The number of carboxylic acid groups (broad SMARTS) is 1. The van der Waals surface area contributed by atoms with E-state index in [1.54, 1.807) is 0 Å². The van der Waals surface area contributed by atoms with E-state index in [-0.39, 0.29) is 12.0 Å². The van der Waals surface area contributed by atoms with E-state index in [0.717, 1.165) is 16.7 Å². The Bertz CT molecular complexity index is 1380. The van der Waals surface area contributed by atoms with E-state index < -0.39 is 5.97 Å². The summed E-state index contributed by atoms with van der Waals surface area (Å²) < 4.78 is 11.6. The third-order valence-electron chi connectivity index (χ3n) is 5.21. The zero-order valence-corrected chi connectivity index (χ0v) is 18.6. The first-order valence-corrected chi connectivity index (χ1v) is 10.9. The van der Waals surface area contributed by atoms with E-state index in [1.165, 1.54) is 6.33 Å². The second-order valence-electron chi connectivity index (χ2n) is 7.51. The molecule has 0 aliphatic rings. The van der Waals surface area contributed by atoms with Crippen molar-refractivity contribution in [1.82, 2.24) is 19.9 Å². The third kappa shape index (κ3) is 4.91. The number of hydrogen-bond acceptors (Lipinski definition) is 7. The molecule has 10 nitrogen and oxygen atoms in total. The number of nitrogens with one attached hydrogen (secondary N) is 2. The number of imidazole rings is 1. The van der Waals surface area contributed by atoms with E-state index in [4.69, 9.17) is 20.3 Å². The van der Waals surface area contributed by atoms with Gasteiger partial charge >= 0.3 is 5.97 Å². The largest absolute Gasteiger partial charge is 0.493 e. The first kappa shape index (κ1) is 23.0. The van der Waals surface area contributed by atoms with Crippen LogP contribution < -0.4 is 20.8 Å². The van der Waals surface area contributed by atoms with Crippen molar-refractivity contribution >= 4 is 17.1 Å². The predicted octanol–water partition coefficient (Wildman–Crippen LogP) is 2.73. The summed E-state index contributed by atoms with van der Waals surface area (Å²) in [5.74, 6) is 0.639. The Kier molecular flexibility index (Phi) is 6.88. The first-order valence-electron chi connectivity index (χ1n) is 10.9. The number of hydrogen-bond donors (Lipinski definition) is 4. The average molecular weight is 463 g/mol. The quantitative estimate of drug-likeness (QED) is 0.280. The molecular formula is C24H25N5O5. The van der Waals surface area contributed by atoms with Crippen LogP contribution in [-0.2, 0) is 11.2 Å². The molecule has 10 heteroatoms. The number of H-pyrrole nitrogens is 2. The summed E-state index contributed by atoms with van der Waals surface area (Å²) in [5, 5.41) is 9.12. The molecule has 0 saturated heterocycles. The highest BCUT2D eigenvalue weighted by atomic mass is 16.5. The van der Waals surface area contributed by atoms with Gasteiger partial charge in [-0.1, -0.05) is 12.1 Å². The second kappa shape index (κ2) is 10.2. The molecule has 0 aliphatic carbocycles. The average Bonchev–Trinajstić information content (AvgIpc) is 3.31. The van der Waals surface area contributed by atoms with Gasteiger partial charge in [0.25, 0.3) is 5.56 Å². The van der Waals surface area contributed by atoms with Crippen LogP contribution in [0.25, 0.3) is 33.7 Å². The number of carbonyl (C=O) groups is 1. The number of ether oxygens (including phenoxy) is 2. The molecule has 0 aliphatic heterocycles. The molecule has 0 radical (unpaired) electrons. The molecule has 34 heavy (non-hydrogen) atoms. The summed E-state index contributed by atoms with van der Waals surface area (Å²) in [6.07, 6.45) is 1.74. The smallest absolute Gasteiger partial charge is 0.303 e. The minimum atomic E-state index is -0.881. The Morgan fingerprint density at radius 3 is 2.68 bits per heavy atom. The summed E-state index contributed by atoms with van der Waals surface area (Å²) in [4.78, 5) is 37.6. The van der Waals surface area contributed by atoms with Crippen LogP contribution in [0.4, 0.5) is 0 Å². The molecule has 4 rings (SSSR count). The maximum atomic E-state index is 12.4. The Hall–Kier alpha value is -4.18. The van der Waals surface area contributed by atoms with Crippen molar-refractivity contribution < 1.29 is 19.4 Å². The van der Waals surface area contributed by atoms with Gasteiger partial charge < -0.3 is 30.3 Å². The van der Waals surface area contributed by atoms with E-state index in [2.05, 4.69) is 19.9 Å². The molecule has 2 aromatic carbocycles.